The number of rotatable bonds is 3. The fourth-order valence-corrected chi connectivity index (χ4v) is 3.34. The standard InChI is InChI=1S/C17H20N2O4/c20-15-10-13(11-19(15)14-4-2-1-3-5-14)16(21)18-8-6-12(7-9-18)17(22)23/h1-5,12-13H,6-11H2,(H,22,23). The third-order valence-corrected chi connectivity index (χ3v) is 4.70. The molecule has 1 N–H and O–H groups in total. The van der Waals surface area contributed by atoms with Crippen LogP contribution in [0.5, 0.6) is 0 Å². The molecule has 6 nitrogen and oxygen atoms in total. The fourth-order valence-electron chi connectivity index (χ4n) is 3.34. The number of anilines is 1. The Morgan fingerprint density at radius 2 is 1.70 bits per heavy atom. The normalized spacial score (nSPS) is 22.4. The van der Waals surface area contributed by atoms with Crippen molar-refractivity contribution in [2.45, 2.75) is 19.3 Å². The molecule has 1 atom stereocenters. The lowest BCUT2D eigenvalue weighted by Crippen LogP contribution is -2.43. The molecular formula is C17H20N2O4. The molecule has 2 amide bonds. The number of carboxylic acids is 1. The Balaban J connectivity index is 1.61. The summed E-state index contributed by atoms with van der Waals surface area (Å²) in [6.07, 6.45) is 1.21. The van der Waals surface area contributed by atoms with E-state index in [1.807, 2.05) is 30.3 Å². The van der Waals surface area contributed by atoms with Gasteiger partial charge in [0.2, 0.25) is 11.8 Å². The number of carboxylic acid groups (broad SMARTS) is 1. The first-order valence-corrected chi connectivity index (χ1v) is 7.93. The van der Waals surface area contributed by atoms with Gasteiger partial charge in [0.25, 0.3) is 0 Å². The smallest absolute Gasteiger partial charge is 0.306 e. The second-order valence-corrected chi connectivity index (χ2v) is 6.18. The third-order valence-electron chi connectivity index (χ3n) is 4.70. The summed E-state index contributed by atoms with van der Waals surface area (Å²) in [5.41, 5.74) is 0.817. The van der Waals surface area contributed by atoms with Gasteiger partial charge in [-0.05, 0) is 25.0 Å². The van der Waals surface area contributed by atoms with Crippen molar-refractivity contribution in [3.05, 3.63) is 30.3 Å². The number of benzene rings is 1. The molecular weight excluding hydrogens is 296 g/mol. The first-order chi connectivity index (χ1) is 11.1. The van der Waals surface area contributed by atoms with Crippen LogP contribution in [-0.4, -0.2) is 47.4 Å². The van der Waals surface area contributed by atoms with E-state index >= 15 is 0 Å². The van der Waals surface area contributed by atoms with Gasteiger partial charge in [0.1, 0.15) is 0 Å². The van der Waals surface area contributed by atoms with Gasteiger partial charge in [-0.15, -0.1) is 0 Å². The van der Waals surface area contributed by atoms with Crippen LogP contribution in [-0.2, 0) is 14.4 Å². The first-order valence-electron chi connectivity index (χ1n) is 7.93. The number of carbonyl (C=O) groups is 3. The number of hydrogen-bond donors (Lipinski definition) is 1. The van der Waals surface area contributed by atoms with Crippen molar-refractivity contribution >= 4 is 23.5 Å². The van der Waals surface area contributed by atoms with Crippen molar-refractivity contribution in [1.29, 1.82) is 0 Å². The summed E-state index contributed by atoms with van der Waals surface area (Å²) < 4.78 is 0. The Labute approximate surface area is 134 Å². The van der Waals surface area contributed by atoms with E-state index in [1.54, 1.807) is 9.80 Å². The molecule has 6 heteroatoms. The van der Waals surface area contributed by atoms with Crippen LogP contribution in [0.1, 0.15) is 19.3 Å². The molecule has 1 unspecified atom stereocenters. The SMILES string of the molecule is O=C(O)C1CCN(C(=O)C2CC(=O)N(c3ccccc3)C2)CC1. The number of amides is 2. The molecule has 2 aliphatic rings. The zero-order valence-corrected chi connectivity index (χ0v) is 12.9. The van der Waals surface area contributed by atoms with Gasteiger partial charge >= 0.3 is 5.97 Å². The molecule has 2 aliphatic heterocycles. The highest BCUT2D eigenvalue weighted by Gasteiger charge is 2.38. The summed E-state index contributed by atoms with van der Waals surface area (Å²) >= 11 is 0. The first kappa shape index (κ1) is 15.5. The predicted octanol–water partition coefficient (Wildman–Crippen LogP) is 1.36. The number of hydrogen-bond acceptors (Lipinski definition) is 3. The van der Waals surface area contributed by atoms with Gasteiger partial charge in [-0.25, -0.2) is 0 Å². The van der Waals surface area contributed by atoms with Gasteiger partial charge < -0.3 is 14.9 Å². The summed E-state index contributed by atoms with van der Waals surface area (Å²) in [6.45, 7) is 1.33. The average Bonchev–Trinajstić information content (AvgIpc) is 2.97. The Morgan fingerprint density at radius 1 is 1.04 bits per heavy atom. The maximum Gasteiger partial charge on any atom is 0.306 e. The summed E-state index contributed by atoms with van der Waals surface area (Å²) in [5.74, 6) is -1.53. The maximum absolute atomic E-state index is 12.6. The minimum absolute atomic E-state index is 0.0272. The molecule has 23 heavy (non-hydrogen) atoms. The lowest BCUT2D eigenvalue weighted by Gasteiger charge is -2.31. The summed E-state index contributed by atoms with van der Waals surface area (Å²) in [4.78, 5) is 39.1. The van der Waals surface area contributed by atoms with Crippen LogP contribution in [0.15, 0.2) is 30.3 Å². The number of piperidine rings is 1. The summed E-state index contributed by atoms with van der Waals surface area (Å²) in [5, 5.41) is 9.02. The fraction of sp³-hybridized carbons (Fsp3) is 0.471. The van der Waals surface area contributed by atoms with Crippen molar-refractivity contribution in [2.24, 2.45) is 11.8 Å². The zero-order chi connectivity index (χ0) is 16.4. The van der Waals surface area contributed by atoms with Crippen molar-refractivity contribution in [3.63, 3.8) is 0 Å². The zero-order valence-electron chi connectivity index (χ0n) is 12.9. The van der Waals surface area contributed by atoms with Gasteiger partial charge in [0, 0.05) is 31.7 Å². The minimum atomic E-state index is -0.789. The van der Waals surface area contributed by atoms with E-state index < -0.39 is 5.97 Å². The monoisotopic (exact) mass is 316 g/mol. The quantitative estimate of drug-likeness (QED) is 0.913. The Hall–Kier alpha value is -2.37. The summed E-state index contributed by atoms with van der Waals surface area (Å²) in [6, 6.07) is 9.36. The molecule has 3 rings (SSSR count). The number of carbonyl (C=O) groups excluding carboxylic acids is 2. The van der Waals surface area contributed by atoms with E-state index in [2.05, 4.69) is 0 Å². The van der Waals surface area contributed by atoms with E-state index in [9.17, 15) is 14.4 Å². The lowest BCUT2D eigenvalue weighted by atomic mass is 9.95. The van der Waals surface area contributed by atoms with Crippen LogP contribution in [0.25, 0.3) is 0 Å². The van der Waals surface area contributed by atoms with Gasteiger partial charge in [-0.3, -0.25) is 14.4 Å². The van der Waals surface area contributed by atoms with Crippen molar-refractivity contribution in [2.75, 3.05) is 24.5 Å². The van der Waals surface area contributed by atoms with Gasteiger partial charge in [-0.2, -0.15) is 0 Å². The topological polar surface area (TPSA) is 77.9 Å². The third kappa shape index (κ3) is 3.21. The van der Waals surface area contributed by atoms with Crippen LogP contribution >= 0.6 is 0 Å². The molecule has 0 radical (unpaired) electrons. The van der Waals surface area contributed by atoms with E-state index in [0.717, 1.165) is 5.69 Å². The largest absolute Gasteiger partial charge is 0.481 e. The van der Waals surface area contributed by atoms with Crippen LogP contribution in [0.4, 0.5) is 5.69 Å². The molecule has 2 heterocycles. The number of para-hydroxylation sites is 1. The lowest BCUT2D eigenvalue weighted by molar-refractivity contribution is -0.146. The van der Waals surface area contributed by atoms with Crippen LogP contribution in [0, 0.1) is 11.8 Å². The molecule has 2 saturated heterocycles. The summed E-state index contributed by atoms with van der Waals surface area (Å²) in [7, 11) is 0. The molecule has 0 aliphatic carbocycles. The van der Waals surface area contributed by atoms with E-state index in [1.165, 1.54) is 0 Å². The Bertz CT molecular complexity index is 608. The van der Waals surface area contributed by atoms with Gasteiger partial charge in [-0.1, -0.05) is 18.2 Å². The number of aliphatic carboxylic acids is 1. The van der Waals surface area contributed by atoms with Gasteiger partial charge in [0.15, 0.2) is 0 Å². The van der Waals surface area contributed by atoms with E-state index in [4.69, 9.17) is 5.11 Å². The highest BCUT2D eigenvalue weighted by Crippen LogP contribution is 2.27. The minimum Gasteiger partial charge on any atom is -0.481 e. The molecule has 0 aromatic heterocycles. The number of likely N-dealkylation sites (tertiary alicyclic amines) is 1. The molecule has 1 aromatic rings. The van der Waals surface area contributed by atoms with Crippen molar-refractivity contribution in [1.82, 2.24) is 4.90 Å². The molecule has 122 valence electrons. The highest BCUT2D eigenvalue weighted by molar-refractivity contribution is 6.00. The second-order valence-electron chi connectivity index (χ2n) is 6.18. The Morgan fingerprint density at radius 3 is 2.30 bits per heavy atom. The van der Waals surface area contributed by atoms with Crippen LogP contribution in [0.2, 0.25) is 0 Å². The molecule has 0 bridgehead atoms. The molecule has 0 spiro atoms. The van der Waals surface area contributed by atoms with Gasteiger partial charge in [0.05, 0.1) is 11.8 Å². The Kier molecular flexibility index (Phi) is 4.32. The van der Waals surface area contributed by atoms with Crippen molar-refractivity contribution < 1.29 is 19.5 Å². The second kappa shape index (κ2) is 6.40. The van der Waals surface area contributed by atoms with E-state index in [-0.39, 0.29) is 30.1 Å². The number of nitrogens with zero attached hydrogens (tertiary/aromatic N) is 2. The molecule has 2 fully saturated rings. The molecule has 1 aromatic carbocycles. The van der Waals surface area contributed by atoms with E-state index in [0.29, 0.717) is 32.5 Å². The van der Waals surface area contributed by atoms with Crippen LogP contribution in [0.3, 0.4) is 0 Å². The average molecular weight is 316 g/mol. The van der Waals surface area contributed by atoms with Crippen LogP contribution < -0.4 is 4.90 Å². The molecule has 0 saturated carbocycles. The highest BCUT2D eigenvalue weighted by atomic mass is 16.4. The maximum atomic E-state index is 12.6. The predicted molar refractivity (Wildman–Crippen MR) is 83.8 cm³/mol. The van der Waals surface area contributed by atoms with Crippen molar-refractivity contribution in [3.8, 4) is 0 Å².